The molecule has 142 valence electrons. The molecule has 0 amide bonds. The number of esters is 1. The van der Waals surface area contributed by atoms with Gasteiger partial charge in [-0.25, -0.2) is 0 Å². The molecule has 9 atom stereocenters. The van der Waals surface area contributed by atoms with E-state index in [1.165, 1.54) is 7.11 Å². The SMILES string of the molecule is COC(=O)[C@H]1S[C@]2(CO)C3C(C)([C@H]4CC(C)(C)C[C@H]4[C@@H]2O)[C@H](O)[C@]31O. The first kappa shape index (κ1) is 18.0. The highest BCUT2D eigenvalue weighted by atomic mass is 32.2. The predicted octanol–water partition coefficient (Wildman–Crippen LogP) is 0.161. The molecule has 6 nitrogen and oxygen atoms in total. The number of rotatable bonds is 2. The zero-order valence-corrected chi connectivity index (χ0v) is 15.9. The Morgan fingerprint density at radius 2 is 1.88 bits per heavy atom. The Morgan fingerprint density at radius 1 is 1.24 bits per heavy atom. The van der Waals surface area contributed by atoms with Crippen LogP contribution in [-0.2, 0) is 9.53 Å². The Labute approximate surface area is 151 Å². The highest BCUT2D eigenvalue weighted by molar-refractivity contribution is 8.02. The van der Waals surface area contributed by atoms with E-state index < -0.39 is 45.1 Å². The molecule has 2 unspecified atom stereocenters. The number of aliphatic hydroxyl groups excluding tert-OH is 3. The monoisotopic (exact) mass is 372 g/mol. The Balaban J connectivity index is 1.86. The van der Waals surface area contributed by atoms with Crippen LogP contribution in [0.1, 0.15) is 33.6 Å². The van der Waals surface area contributed by atoms with E-state index in [-0.39, 0.29) is 23.9 Å². The van der Waals surface area contributed by atoms with Gasteiger partial charge < -0.3 is 25.2 Å². The van der Waals surface area contributed by atoms with Gasteiger partial charge in [0.05, 0.1) is 30.7 Å². The molecule has 1 saturated heterocycles. The molecule has 1 heterocycles. The first-order valence-corrected chi connectivity index (χ1v) is 9.83. The Hall–Kier alpha value is -0.340. The number of ether oxygens (including phenoxy) is 1. The molecule has 7 heteroatoms. The summed E-state index contributed by atoms with van der Waals surface area (Å²) in [4.78, 5) is 12.3. The second kappa shape index (κ2) is 4.93. The van der Waals surface area contributed by atoms with Gasteiger partial charge in [0.1, 0.15) is 10.9 Å². The van der Waals surface area contributed by atoms with Gasteiger partial charge in [0.2, 0.25) is 0 Å². The van der Waals surface area contributed by atoms with Crippen LogP contribution in [-0.4, -0.2) is 67.9 Å². The minimum Gasteiger partial charge on any atom is -0.468 e. The van der Waals surface area contributed by atoms with Crippen molar-refractivity contribution < 1.29 is 30.0 Å². The van der Waals surface area contributed by atoms with Crippen LogP contribution >= 0.6 is 11.8 Å². The standard InChI is InChI=1S/C18H28O6S/c1-15(2)5-8-9(6-15)16(3)13-17(7-19,10(8)20)25-11(12(21)24-4)18(13,23)14(16)22/h8-11,13-14,19-20,22-23H,5-7H2,1-4H3/t8-,9+,10+,11-,13?,14+,16?,17+,18-/m1/s1. The van der Waals surface area contributed by atoms with Gasteiger partial charge in [-0.3, -0.25) is 4.79 Å². The van der Waals surface area contributed by atoms with E-state index in [9.17, 15) is 25.2 Å². The first-order valence-electron chi connectivity index (χ1n) is 8.95. The van der Waals surface area contributed by atoms with E-state index in [0.717, 1.165) is 24.6 Å². The molecule has 0 aromatic heterocycles. The maximum atomic E-state index is 12.3. The second-order valence-electron chi connectivity index (χ2n) is 9.51. The minimum absolute atomic E-state index is 0.0362. The lowest BCUT2D eigenvalue weighted by Crippen LogP contribution is -2.83. The number of thioether (sulfide) groups is 1. The number of aliphatic hydroxyl groups is 4. The molecular weight excluding hydrogens is 344 g/mol. The average Bonchev–Trinajstić information content (AvgIpc) is 3.04. The van der Waals surface area contributed by atoms with E-state index >= 15 is 0 Å². The smallest absolute Gasteiger partial charge is 0.321 e. The van der Waals surface area contributed by atoms with E-state index in [1.54, 1.807) is 0 Å². The molecule has 4 N–H and O–H groups in total. The minimum atomic E-state index is -1.67. The molecule has 0 radical (unpaired) electrons. The summed E-state index contributed by atoms with van der Waals surface area (Å²) in [5.74, 6) is -1.18. The number of methoxy groups -OCH3 is 1. The predicted molar refractivity (Wildman–Crippen MR) is 91.8 cm³/mol. The maximum absolute atomic E-state index is 12.3. The van der Waals surface area contributed by atoms with E-state index in [1.807, 2.05) is 6.92 Å². The number of carbonyl (C=O) groups excluding carboxylic acids is 1. The summed E-state index contributed by atoms with van der Waals surface area (Å²) >= 11 is 1.10. The van der Waals surface area contributed by atoms with Crippen LogP contribution in [0.4, 0.5) is 0 Å². The van der Waals surface area contributed by atoms with E-state index in [4.69, 9.17) is 4.74 Å². The molecule has 0 aromatic carbocycles. The van der Waals surface area contributed by atoms with Crippen LogP contribution in [0.5, 0.6) is 0 Å². The molecule has 3 aliphatic carbocycles. The summed E-state index contributed by atoms with van der Waals surface area (Å²) in [6.45, 7) is 5.92. The van der Waals surface area contributed by atoms with Crippen molar-refractivity contribution in [2.75, 3.05) is 13.7 Å². The van der Waals surface area contributed by atoms with Gasteiger partial charge in [-0.1, -0.05) is 20.8 Å². The van der Waals surface area contributed by atoms with Crippen molar-refractivity contribution in [3.8, 4) is 0 Å². The van der Waals surface area contributed by atoms with Crippen LogP contribution in [0.15, 0.2) is 0 Å². The van der Waals surface area contributed by atoms with Crippen LogP contribution in [0, 0.1) is 28.6 Å². The zero-order valence-electron chi connectivity index (χ0n) is 15.1. The fraction of sp³-hybridized carbons (Fsp3) is 0.944. The van der Waals surface area contributed by atoms with Crippen molar-refractivity contribution in [1.29, 1.82) is 0 Å². The highest BCUT2D eigenvalue weighted by Gasteiger charge is 2.87. The summed E-state index contributed by atoms with van der Waals surface area (Å²) in [7, 11) is 1.25. The van der Waals surface area contributed by atoms with Crippen LogP contribution in [0.2, 0.25) is 0 Å². The zero-order chi connectivity index (χ0) is 18.6. The van der Waals surface area contributed by atoms with Crippen molar-refractivity contribution >= 4 is 17.7 Å². The molecule has 0 aromatic rings. The number of carbonyl (C=O) groups is 1. The maximum Gasteiger partial charge on any atom is 0.321 e. The van der Waals surface area contributed by atoms with Crippen molar-refractivity contribution in [1.82, 2.24) is 0 Å². The molecule has 1 aliphatic heterocycles. The molecule has 0 spiro atoms. The lowest BCUT2D eigenvalue weighted by molar-refractivity contribution is -0.328. The summed E-state index contributed by atoms with van der Waals surface area (Å²) < 4.78 is 3.79. The molecule has 25 heavy (non-hydrogen) atoms. The second-order valence-corrected chi connectivity index (χ2v) is 11.0. The fourth-order valence-electron chi connectivity index (χ4n) is 7.02. The Morgan fingerprint density at radius 3 is 2.44 bits per heavy atom. The van der Waals surface area contributed by atoms with Gasteiger partial charge in [-0.15, -0.1) is 11.8 Å². The summed E-state index contributed by atoms with van der Waals surface area (Å²) in [5.41, 5.74) is -2.27. The topological polar surface area (TPSA) is 107 Å². The Bertz CT molecular complexity index is 625. The van der Waals surface area contributed by atoms with E-state index in [0.29, 0.717) is 0 Å². The molecule has 0 bridgehead atoms. The lowest BCUT2D eigenvalue weighted by atomic mass is 9.37. The van der Waals surface area contributed by atoms with Gasteiger partial charge in [0.15, 0.2) is 0 Å². The molecule has 3 saturated carbocycles. The average molecular weight is 372 g/mol. The summed E-state index contributed by atoms with van der Waals surface area (Å²) in [6, 6.07) is 0. The van der Waals surface area contributed by atoms with Crippen LogP contribution in [0.3, 0.4) is 0 Å². The molecule has 4 fully saturated rings. The molecule has 4 aliphatic rings. The lowest BCUT2D eigenvalue weighted by Gasteiger charge is -2.70. The third-order valence-electron chi connectivity index (χ3n) is 7.80. The quantitative estimate of drug-likeness (QED) is 0.512. The van der Waals surface area contributed by atoms with Gasteiger partial charge in [0.25, 0.3) is 0 Å². The molecular formula is C18H28O6S. The Kier molecular flexibility index (Phi) is 3.56. The normalized spacial score (nSPS) is 58.2. The van der Waals surface area contributed by atoms with Gasteiger partial charge in [-0.2, -0.15) is 0 Å². The fourth-order valence-corrected chi connectivity index (χ4v) is 9.07. The van der Waals surface area contributed by atoms with Crippen LogP contribution < -0.4 is 0 Å². The summed E-state index contributed by atoms with van der Waals surface area (Å²) in [5, 5.41) is 42.9. The van der Waals surface area contributed by atoms with Gasteiger partial charge in [-0.05, 0) is 30.1 Å². The van der Waals surface area contributed by atoms with Gasteiger partial charge >= 0.3 is 5.97 Å². The highest BCUT2D eigenvalue weighted by Crippen LogP contribution is 2.79. The van der Waals surface area contributed by atoms with Crippen LogP contribution in [0.25, 0.3) is 0 Å². The summed E-state index contributed by atoms with van der Waals surface area (Å²) in [6.07, 6.45) is -0.258. The van der Waals surface area contributed by atoms with Gasteiger partial charge in [0, 0.05) is 11.3 Å². The van der Waals surface area contributed by atoms with Crippen molar-refractivity contribution in [2.24, 2.45) is 28.6 Å². The third kappa shape index (κ3) is 1.75. The van der Waals surface area contributed by atoms with Crippen molar-refractivity contribution in [2.45, 2.75) is 61.4 Å². The van der Waals surface area contributed by atoms with E-state index in [2.05, 4.69) is 13.8 Å². The largest absolute Gasteiger partial charge is 0.468 e. The number of hydrogen-bond donors (Lipinski definition) is 4. The first-order chi connectivity index (χ1) is 11.5. The number of fused-ring (bicyclic) bond motifs is 2. The number of hydrogen-bond acceptors (Lipinski definition) is 7. The molecule has 4 rings (SSSR count). The van der Waals surface area contributed by atoms with Crippen molar-refractivity contribution in [3.05, 3.63) is 0 Å². The third-order valence-corrected chi connectivity index (χ3v) is 9.65. The van der Waals surface area contributed by atoms with Crippen molar-refractivity contribution in [3.63, 3.8) is 0 Å².